The lowest BCUT2D eigenvalue weighted by Crippen LogP contribution is -2.38. The van der Waals surface area contributed by atoms with Crippen LogP contribution in [0.25, 0.3) is 22.2 Å². The number of pyridine rings is 1. The number of benzene rings is 1. The minimum absolute atomic E-state index is 0.172. The number of hydrogen-bond acceptors (Lipinski definition) is 5. The van der Waals surface area contributed by atoms with Crippen molar-refractivity contribution in [1.29, 1.82) is 0 Å². The van der Waals surface area contributed by atoms with E-state index in [2.05, 4.69) is 26.9 Å². The number of H-pyrrole nitrogens is 1. The molecule has 1 fully saturated rings. The Morgan fingerprint density at radius 3 is 2.60 bits per heavy atom. The molecule has 160 valence electrons. The summed E-state index contributed by atoms with van der Waals surface area (Å²) in [4.78, 5) is 7.69. The van der Waals surface area contributed by atoms with Gasteiger partial charge in [-0.25, -0.2) is 18.1 Å². The molecule has 30 heavy (non-hydrogen) atoms. The summed E-state index contributed by atoms with van der Waals surface area (Å²) in [5, 5.41) is 4.38. The second kappa shape index (κ2) is 8.37. The first-order valence-electron chi connectivity index (χ1n) is 10.2. The fraction of sp³-hybridized carbons (Fsp3) is 0.409. The zero-order valence-electron chi connectivity index (χ0n) is 17.4. The molecule has 3 heterocycles. The second-order valence-corrected chi connectivity index (χ2v) is 10.2. The molecule has 3 aromatic rings. The van der Waals surface area contributed by atoms with Crippen molar-refractivity contribution >= 4 is 21.1 Å². The van der Waals surface area contributed by atoms with Crippen molar-refractivity contribution in [3.63, 3.8) is 0 Å². The maximum absolute atomic E-state index is 11.3. The number of piperidine rings is 1. The zero-order chi connectivity index (χ0) is 21.2. The summed E-state index contributed by atoms with van der Waals surface area (Å²) in [6, 6.07) is 9.77. The maximum atomic E-state index is 11.3. The van der Waals surface area contributed by atoms with E-state index in [0.717, 1.165) is 65.7 Å². The number of aromatic nitrogens is 2. The lowest BCUT2D eigenvalue weighted by molar-refractivity contribution is 0.124. The van der Waals surface area contributed by atoms with Gasteiger partial charge in [0.05, 0.1) is 18.2 Å². The van der Waals surface area contributed by atoms with E-state index in [-0.39, 0.29) is 12.0 Å². The van der Waals surface area contributed by atoms with Crippen LogP contribution in [0.1, 0.15) is 25.3 Å². The highest BCUT2D eigenvalue weighted by atomic mass is 32.2. The number of hydrogen-bond donors (Lipinski definition) is 3. The zero-order valence-corrected chi connectivity index (χ0v) is 18.2. The molecule has 1 aliphatic heterocycles. The molecular formula is C22H28N4O3S. The number of ether oxygens (including phenoxy) is 1. The molecule has 1 aliphatic rings. The Balaban J connectivity index is 1.57. The van der Waals surface area contributed by atoms with Crippen molar-refractivity contribution in [3.05, 3.63) is 48.3 Å². The van der Waals surface area contributed by atoms with E-state index in [1.54, 1.807) is 6.20 Å². The van der Waals surface area contributed by atoms with Crippen LogP contribution in [0.5, 0.6) is 5.75 Å². The van der Waals surface area contributed by atoms with Gasteiger partial charge < -0.3 is 15.0 Å². The van der Waals surface area contributed by atoms with Crippen LogP contribution in [0.4, 0.5) is 0 Å². The van der Waals surface area contributed by atoms with Gasteiger partial charge in [0.25, 0.3) is 0 Å². The van der Waals surface area contributed by atoms with E-state index in [1.165, 1.54) is 0 Å². The average molecular weight is 429 g/mol. The van der Waals surface area contributed by atoms with E-state index in [9.17, 15) is 8.42 Å². The molecule has 0 unspecified atom stereocenters. The van der Waals surface area contributed by atoms with Crippen LogP contribution in [-0.2, 0) is 16.6 Å². The Morgan fingerprint density at radius 2 is 1.90 bits per heavy atom. The van der Waals surface area contributed by atoms with Crippen molar-refractivity contribution in [2.24, 2.45) is 5.41 Å². The van der Waals surface area contributed by atoms with Crippen molar-refractivity contribution in [1.82, 2.24) is 20.0 Å². The van der Waals surface area contributed by atoms with E-state index >= 15 is 0 Å². The minimum atomic E-state index is -3.21. The Hall–Kier alpha value is -2.42. The van der Waals surface area contributed by atoms with Gasteiger partial charge in [0.2, 0.25) is 10.0 Å². The first-order valence-corrected chi connectivity index (χ1v) is 12.1. The van der Waals surface area contributed by atoms with Gasteiger partial charge in [0, 0.05) is 29.9 Å². The van der Waals surface area contributed by atoms with E-state index in [4.69, 9.17) is 4.74 Å². The summed E-state index contributed by atoms with van der Waals surface area (Å²) in [6.07, 6.45) is 7.07. The Morgan fingerprint density at radius 1 is 1.17 bits per heavy atom. The molecule has 0 aliphatic carbocycles. The smallest absolute Gasteiger partial charge is 0.209 e. The van der Waals surface area contributed by atoms with Crippen molar-refractivity contribution in [2.45, 2.75) is 26.3 Å². The third-order valence-corrected chi connectivity index (χ3v) is 6.39. The number of sulfonamides is 1. The van der Waals surface area contributed by atoms with Crippen LogP contribution in [0.2, 0.25) is 0 Å². The number of nitrogens with zero attached hydrogens (tertiary/aromatic N) is 1. The van der Waals surface area contributed by atoms with Crippen LogP contribution in [-0.4, -0.2) is 44.3 Å². The summed E-state index contributed by atoms with van der Waals surface area (Å²) >= 11 is 0. The van der Waals surface area contributed by atoms with Crippen LogP contribution in [0.15, 0.2) is 42.7 Å². The molecule has 0 spiro atoms. The molecule has 0 amide bonds. The molecule has 4 rings (SSSR count). The van der Waals surface area contributed by atoms with Crippen molar-refractivity contribution < 1.29 is 13.2 Å². The van der Waals surface area contributed by atoms with Crippen LogP contribution < -0.4 is 14.8 Å². The third-order valence-electron chi connectivity index (χ3n) is 5.73. The number of nitrogens with one attached hydrogen (secondary N) is 3. The second-order valence-electron chi connectivity index (χ2n) is 8.37. The van der Waals surface area contributed by atoms with Gasteiger partial charge in [-0.2, -0.15) is 0 Å². The van der Waals surface area contributed by atoms with Crippen molar-refractivity contribution in [2.75, 3.05) is 26.0 Å². The SMILES string of the molecule is CC1(COc2ccnc3[nH]cc(-c4ccc(CNS(C)(=O)=O)cc4)c23)CCNCC1. The van der Waals surface area contributed by atoms with E-state index < -0.39 is 10.0 Å². The molecule has 0 atom stereocenters. The van der Waals surface area contributed by atoms with Gasteiger partial charge in [-0.1, -0.05) is 31.2 Å². The highest BCUT2D eigenvalue weighted by molar-refractivity contribution is 7.88. The highest BCUT2D eigenvalue weighted by Crippen LogP contribution is 2.36. The standard InChI is InChI=1S/C22H28N4O3S/c1-22(8-11-23-12-9-22)15-29-19-7-10-24-21-20(19)18(14-25-21)17-5-3-16(4-6-17)13-26-30(2,27)28/h3-7,10,14,23,26H,8-9,11-13,15H2,1-2H3,(H,24,25). The van der Waals surface area contributed by atoms with Crippen molar-refractivity contribution in [3.8, 4) is 16.9 Å². The normalized spacial score (nSPS) is 16.6. The van der Waals surface area contributed by atoms with Crippen LogP contribution in [0.3, 0.4) is 0 Å². The summed E-state index contributed by atoms with van der Waals surface area (Å²) in [5.74, 6) is 0.832. The summed E-state index contributed by atoms with van der Waals surface area (Å²) in [7, 11) is -3.21. The molecule has 7 nitrogen and oxygen atoms in total. The quantitative estimate of drug-likeness (QED) is 0.538. The lowest BCUT2D eigenvalue weighted by atomic mass is 9.82. The molecule has 1 saturated heterocycles. The monoisotopic (exact) mass is 428 g/mol. The first kappa shape index (κ1) is 20.8. The molecule has 0 bridgehead atoms. The fourth-order valence-electron chi connectivity index (χ4n) is 3.82. The molecule has 0 saturated carbocycles. The predicted octanol–water partition coefficient (Wildman–Crippen LogP) is 3.05. The number of rotatable bonds is 7. The molecule has 1 aromatic carbocycles. The van der Waals surface area contributed by atoms with Gasteiger partial charge in [0.15, 0.2) is 0 Å². The highest BCUT2D eigenvalue weighted by Gasteiger charge is 2.28. The Kier molecular flexibility index (Phi) is 5.81. The van der Waals surface area contributed by atoms with Gasteiger partial charge in [-0.3, -0.25) is 0 Å². The van der Waals surface area contributed by atoms with Crippen LogP contribution in [0, 0.1) is 5.41 Å². The first-order chi connectivity index (χ1) is 14.3. The van der Waals surface area contributed by atoms with Gasteiger partial charge in [0.1, 0.15) is 11.4 Å². The lowest BCUT2D eigenvalue weighted by Gasteiger charge is -2.33. The van der Waals surface area contributed by atoms with E-state index in [1.807, 2.05) is 36.5 Å². The number of fused-ring (bicyclic) bond motifs is 1. The average Bonchev–Trinajstić information content (AvgIpc) is 3.16. The molecule has 2 aromatic heterocycles. The Bertz CT molecular complexity index is 1120. The Labute approximate surface area is 177 Å². The van der Waals surface area contributed by atoms with Gasteiger partial charge >= 0.3 is 0 Å². The molecule has 8 heteroatoms. The van der Waals surface area contributed by atoms with Crippen LogP contribution >= 0.6 is 0 Å². The largest absolute Gasteiger partial charge is 0.492 e. The minimum Gasteiger partial charge on any atom is -0.492 e. The molecule has 3 N–H and O–H groups in total. The summed E-state index contributed by atoms with van der Waals surface area (Å²) in [5.41, 5.74) is 3.91. The predicted molar refractivity (Wildman–Crippen MR) is 119 cm³/mol. The van der Waals surface area contributed by atoms with Gasteiger partial charge in [-0.15, -0.1) is 0 Å². The fourth-order valence-corrected chi connectivity index (χ4v) is 4.25. The number of aromatic amines is 1. The maximum Gasteiger partial charge on any atom is 0.209 e. The summed E-state index contributed by atoms with van der Waals surface area (Å²) < 4.78 is 31.4. The topological polar surface area (TPSA) is 96.1 Å². The molecular weight excluding hydrogens is 400 g/mol. The van der Waals surface area contributed by atoms with Gasteiger partial charge in [-0.05, 0) is 43.1 Å². The third kappa shape index (κ3) is 4.83. The summed E-state index contributed by atoms with van der Waals surface area (Å²) in [6.45, 7) is 5.29. The molecule has 0 radical (unpaired) electrons. The van der Waals surface area contributed by atoms with E-state index in [0.29, 0.717) is 6.61 Å².